The molecule has 4 rings (SSSR count). The second-order valence-corrected chi connectivity index (χ2v) is 7.75. The van der Waals surface area contributed by atoms with Gasteiger partial charge in [-0.2, -0.15) is 0 Å². The van der Waals surface area contributed by atoms with Crippen molar-refractivity contribution in [2.24, 2.45) is 11.8 Å². The smallest absolute Gasteiger partial charge is 0.230 e. The zero-order chi connectivity index (χ0) is 14.2. The van der Waals surface area contributed by atoms with E-state index in [0.717, 1.165) is 27.1 Å². The lowest BCUT2D eigenvalue weighted by atomic mass is 10.1. The fourth-order valence-electron chi connectivity index (χ4n) is 2.76. The molecule has 2 aliphatic rings. The molecule has 0 spiro atoms. The highest BCUT2D eigenvalue weighted by Crippen LogP contribution is 2.44. The van der Waals surface area contributed by atoms with Crippen LogP contribution in [-0.2, 0) is 4.79 Å². The molecular weight excluding hydrogens is 302 g/mol. The molecule has 2 fully saturated rings. The monoisotopic (exact) mass is 319 g/mol. The van der Waals surface area contributed by atoms with Crippen molar-refractivity contribution in [3.05, 3.63) is 17.8 Å². The van der Waals surface area contributed by atoms with Gasteiger partial charge in [0.15, 0.2) is 0 Å². The number of amides is 1. The van der Waals surface area contributed by atoms with Crippen LogP contribution in [0, 0.1) is 11.8 Å². The normalized spacial score (nSPS) is 18.3. The van der Waals surface area contributed by atoms with Crippen molar-refractivity contribution < 1.29 is 4.79 Å². The molecule has 2 aromatic heterocycles. The summed E-state index contributed by atoms with van der Waals surface area (Å²) in [6.45, 7) is 0. The summed E-state index contributed by atoms with van der Waals surface area (Å²) in [5.74, 6) is 2.08. The predicted molar refractivity (Wildman–Crippen MR) is 85.5 cm³/mol. The summed E-state index contributed by atoms with van der Waals surface area (Å²) < 4.78 is 1.08. The van der Waals surface area contributed by atoms with Crippen molar-refractivity contribution in [1.82, 2.24) is 15.3 Å². The summed E-state index contributed by atoms with van der Waals surface area (Å²) in [6.07, 6.45) is 6.73. The van der Waals surface area contributed by atoms with Crippen LogP contribution in [0.2, 0.25) is 0 Å². The Labute approximate surface area is 131 Å². The van der Waals surface area contributed by atoms with Crippen LogP contribution in [0.1, 0.15) is 25.7 Å². The maximum atomic E-state index is 12.2. The summed E-state index contributed by atoms with van der Waals surface area (Å²) in [5.41, 5.74) is 0.965. The van der Waals surface area contributed by atoms with E-state index in [9.17, 15) is 4.79 Å². The van der Waals surface area contributed by atoms with Crippen molar-refractivity contribution in [2.45, 2.75) is 36.8 Å². The number of aromatic nitrogens is 2. The number of hydrogen-bond donors (Lipinski definition) is 1. The SMILES string of the molecule is O=C(CSc1ncnc2ccsc12)NC(C1CC1)C1CC1. The van der Waals surface area contributed by atoms with Gasteiger partial charge in [-0.05, 0) is 49.0 Å². The van der Waals surface area contributed by atoms with Gasteiger partial charge in [-0.15, -0.1) is 11.3 Å². The van der Waals surface area contributed by atoms with Gasteiger partial charge in [0, 0.05) is 6.04 Å². The van der Waals surface area contributed by atoms with Gasteiger partial charge in [0.1, 0.15) is 11.4 Å². The van der Waals surface area contributed by atoms with Crippen LogP contribution in [0.3, 0.4) is 0 Å². The summed E-state index contributed by atoms with van der Waals surface area (Å²) >= 11 is 3.15. The van der Waals surface area contributed by atoms with Crippen molar-refractivity contribution in [3.8, 4) is 0 Å². The summed E-state index contributed by atoms with van der Waals surface area (Å²) in [4.78, 5) is 20.7. The maximum absolute atomic E-state index is 12.2. The highest BCUT2D eigenvalue weighted by molar-refractivity contribution is 8.00. The molecule has 6 heteroatoms. The third kappa shape index (κ3) is 3.06. The van der Waals surface area contributed by atoms with Crippen LogP contribution in [-0.4, -0.2) is 27.7 Å². The first kappa shape index (κ1) is 13.5. The average molecular weight is 319 g/mol. The Kier molecular flexibility index (Phi) is 3.59. The third-order valence-corrected chi connectivity index (χ3v) is 6.17. The van der Waals surface area contributed by atoms with E-state index in [2.05, 4.69) is 15.3 Å². The molecule has 1 N–H and O–H groups in total. The molecule has 0 unspecified atom stereocenters. The molecule has 0 aromatic carbocycles. The van der Waals surface area contributed by atoms with Gasteiger partial charge in [-0.1, -0.05) is 11.8 Å². The number of thioether (sulfide) groups is 1. The summed E-state index contributed by atoms with van der Waals surface area (Å²) in [5, 5.41) is 6.18. The van der Waals surface area contributed by atoms with E-state index < -0.39 is 0 Å². The van der Waals surface area contributed by atoms with Crippen LogP contribution in [0.15, 0.2) is 22.8 Å². The van der Waals surface area contributed by atoms with Crippen molar-refractivity contribution in [3.63, 3.8) is 0 Å². The average Bonchev–Trinajstić information content (AvgIpc) is 3.41. The Morgan fingerprint density at radius 1 is 1.33 bits per heavy atom. The molecule has 4 nitrogen and oxygen atoms in total. The Bertz CT molecular complexity index is 652. The van der Waals surface area contributed by atoms with Crippen LogP contribution < -0.4 is 5.32 Å². The van der Waals surface area contributed by atoms with Gasteiger partial charge in [-0.3, -0.25) is 4.79 Å². The summed E-state index contributed by atoms with van der Waals surface area (Å²) in [7, 11) is 0. The molecule has 0 radical (unpaired) electrons. The van der Waals surface area contributed by atoms with Gasteiger partial charge >= 0.3 is 0 Å². The lowest BCUT2D eigenvalue weighted by Crippen LogP contribution is -2.39. The molecule has 0 bridgehead atoms. The van der Waals surface area contributed by atoms with Crippen molar-refractivity contribution >= 4 is 39.2 Å². The summed E-state index contributed by atoms with van der Waals surface area (Å²) in [6, 6.07) is 2.42. The first-order chi connectivity index (χ1) is 10.3. The molecule has 110 valence electrons. The first-order valence-electron chi connectivity index (χ1n) is 7.41. The minimum atomic E-state index is 0.145. The van der Waals surface area contributed by atoms with E-state index >= 15 is 0 Å². The van der Waals surface area contributed by atoms with E-state index in [1.54, 1.807) is 17.7 Å². The largest absolute Gasteiger partial charge is 0.352 e. The number of nitrogens with zero attached hydrogens (tertiary/aromatic N) is 2. The van der Waals surface area contributed by atoms with Crippen LogP contribution >= 0.6 is 23.1 Å². The van der Waals surface area contributed by atoms with E-state index in [1.807, 2.05) is 11.4 Å². The van der Waals surface area contributed by atoms with Gasteiger partial charge in [0.05, 0.1) is 16.0 Å². The Hall–Kier alpha value is -1.14. The third-order valence-electron chi connectivity index (χ3n) is 4.14. The molecule has 2 heterocycles. The molecular formula is C15H17N3OS2. The first-order valence-corrected chi connectivity index (χ1v) is 9.28. The molecule has 0 atom stereocenters. The number of rotatable bonds is 6. The molecule has 0 aliphatic heterocycles. The number of hydrogen-bond acceptors (Lipinski definition) is 5. The fraction of sp³-hybridized carbons (Fsp3) is 0.533. The van der Waals surface area contributed by atoms with Gasteiger partial charge < -0.3 is 5.32 Å². The molecule has 1 amide bonds. The molecule has 2 aromatic rings. The van der Waals surface area contributed by atoms with Crippen molar-refractivity contribution in [1.29, 1.82) is 0 Å². The number of nitrogens with one attached hydrogen (secondary N) is 1. The van der Waals surface area contributed by atoms with E-state index in [1.165, 1.54) is 37.4 Å². The predicted octanol–water partition coefficient (Wildman–Crippen LogP) is 3.09. The number of thiophene rings is 1. The molecule has 0 saturated heterocycles. The van der Waals surface area contributed by atoms with E-state index in [4.69, 9.17) is 0 Å². The fourth-order valence-corrected chi connectivity index (χ4v) is 4.52. The topological polar surface area (TPSA) is 54.9 Å². The van der Waals surface area contributed by atoms with Gasteiger partial charge in [0.25, 0.3) is 0 Å². The van der Waals surface area contributed by atoms with Crippen LogP contribution in [0.4, 0.5) is 0 Å². The van der Waals surface area contributed by atoms with E-state index in [-0.39, 0.29) is 5.91 Å². The zero-order valence-corrected chi connectivity index (χ0v) is 13.3. The van der Waals surface area contributed by atoms with Crippen LogP contribution in [0.5, 0.6) is 0 Å². The number of carbonyl (C=O) groups excluding carboxylic acids is 1. The van der Waals surface area contributed by atoms with Gasteiger partial charge in [-0.25, -0.2) is 9.97 Å². The minimum absolute atomic E-state index is 0.145. The molecule has 2 aliphatic carbocycles. The highest BCUT2D eigenvalue weighted by atomic mass is 32.2. The lowest BCUT2D eigenvalue weighted by Gasteiger charge is -2.17. The maximum Gasteiger partial charge on any atom is 0.230 e. The second-order valence-electron chi connectivity index (χ2n) is 5.87. The van der Waals surface area contributed by atoms with Crippen LogP contribution in [0.25, 0.3) is 10.2 Å². The molecule has 21 heavy (non-hydrogen) atoms. The van der Waals surface area contributed by atoms with Gasteiger partial charge in [0.2, 0.25) is 5.91 Å². The highest BCUT2D eigenvalue weighted by Gasteiger charge is 2.42. The Morgan fingerprint density at radius 3 is 2.81 bits per heavy atom. The quantitative estimate of drug-likeness (QED) is 0.657. The minimum Gasteiger partial charge on any atom is -0.352 e. The number of fused-ring (bicyclic) bond motifs is 1. The second kappa shape index (κ2) is 5.57. The van der Waals surface area contributed by atoms with Crippen molar-refractivity contribution in [2.75, 3.05) is 5.75 Å². The van der Waals surface area contributed by atoms with E-state index in [0.29, 0.717) is 11.8 Å². The Morgan fingerprint density at radius 2 is 2.10 bits per heavy atom. The number of carbonyl (C=O) groups is 1. The zero-order valence-electron chi connectivity index (χ0n) is 11.6. The standard InChI is InChI=1S/C15H17N3OS2/c19-12(18-13(9-1-2-9)10-3-4-10)7-21-15-14-11(5-6-20-14)16-8-17-15/h5-6,8-10,13H,1-4,7H2,(H,18,19). The Balaban J connectivity index is 1.37. The lowest BCUT2D eigenvalue weighted by molar-refractivity contribution is -0.119. The molecule has 2 saturated carbocycles.